The van der Waals surface area contributed by atoms with Gasteiger partial charge in [-0.2, -0.15) is 5.10 Å². The molecule has 1 aliphatic heterocycles. The van der Waals surface area contributed by atoms with Gasteiger partial charge in [0.25, 0.3) is 0 Å². The highest BCUT2D eigenvalue weighted by Gasteiger charge is 2.25. The Morgan fingerprint density at radius 2 is 2.09 bits per heavy atom. The normalized spacial score (nSPS) is 13.9. The summed E-state index contributed by atoms with van der Waals surface area (Å²) in [5.41, 5.74) is 2.40. The molecular weight excluding hydrogens is 364 g/mol. The number of nitrogens with one attached hydrogen (secondary N) is 1. The molecule has 2 aromatic rings. The maximum absolute atomic E-state index is 11.1. The Morgan fingerprint density at radius 1 is 1.35 bits per heavy atom. The predicted octanol–water partition coefficient (Wildman–Crippen LogP) is 3.82. The highest BCUT2D eigenvalue weighted by atomic mass is 79.9. The van der Waals surface area contributed by atoms with Gasteiger partial charge >= 0.3 is 5.97 Å². The van der Waals surface area contributed by atoms with Crippen LogP contribution in [0.1, 0.15) is 42.2 Å². The van der Waals surface area contributed by atoms with E-state index in [-0.39, 0.29) is 11.6 Å². The number of carboxylic acid groups (broad SMARTS) is 1. The summed E-state index contributed by atoms with van der Waals surface area (Å²) in [6, 6.07) is 3.38. The van der Waals surface area contributed by atoms with Gasteiger partial charge in [-0.1, -0.05) is 13.8 Å². The van der Waals surface area contributed by atoms with Crippen LogP contribution in [0, 0.1) is 0 Å². The van der Waals surface area contributed by atoms with Crippen molar-refractivity contribution in [3.05, 3.63) is 27.9 Å². The van der Waals surface area contributed by atoms with Gasteiger partial charge in [0.2, 0.25) is 0 Å². The van der Waals surface area contributed by atoms with E-state index < -0.39 is 5.97 Å². The number of aromatic amines is 1. The zero-order chi connectivity index (χ0) is 16.6. The van der Waals surface area contributed by atoms with E-state index in [1.807, 2.05) is 6.07 Å². The third-order valence-electron chi connectivity index (χ3n) is 3.67. The van der Waals surface area contributed by atoms with Crippen LogP contribution in [0.5, 0.6) is 11.5 Å². The van der Waals surface area contributed by atoms with Crippen LogP contribution in [-0.2, 0) is 0 Å². The Balaban J connectivity index is 2.22. The second-order valence-corrected chi connectivity index (χ2v) is 6.51. The number of aromatic carboxylic acids is 1. The molecule has 1 aliphatic rings. The van der Waals surface area contributed by atoms with Crippen molar-refractivity contribution in [1.29, 1.82) is 0 Å². The predicted molar refractivity (Wildman–Crippen MR) is 88.4 cm³/mol. The second-order valence-electron chi connectivity index (χ2n) is 5.65. The summed E-state index contributed by atoms with van der Waals surface area (Å²) in [7, 11) is 0. The van der Waals surface area contributed by atoms with Crippen LogP contribution in [0.3, 0.4) is 0 Å². The van der Waals surface area contributed by atoms with Gasteiger partial charge in [-0.25, -0.2) is 4.79 Å². The summed E-state index contributed by atoms with van der Waals surface area (Å²) >= 11 is 3.57. The van der Waals surface area contributed by atoms with Gasteiger partial charge in [0.15, 0.2) is 11.5 Å². The standard InChI is InChI=1S/C16H17BrN2O4/c1-8(2)13-14(10-7-11(16(20)21)19-18-10)9(17)6-12-15(13)23-5-3-4-22-12/h6-8H,3-5H2,1-2H3,(H,18,19)(H,20,21). The first kappa shape index (κ1) is 15.9. The van der Waals surface area contributed by atoms with Gasteiger partial charge in [-0.05, 0) is 34.0 Å². The lowest BCUT2D eigenvalue weighted by atomic mass is 9.93. The molecule has 0 amide bonds. The molecule has 0 fully saturated rings. The number of hydrogen-bond donors (Lipinski definition) is 2. The summed E-state index contributed by atoms with van der Waals surface area (Å²) in [6.45, 7) is 5.33. The number of halogens is 1. The molecule has 0 radical (unpaired) electrons. The Bertz CT molecular complexity index is 755. The zero-order valence-electron chi connectivity index (χ0n) is 12.9. The van der Waals surface area contributed by atoms with Crippen molar-refractivity contribution in [2.24, 2.45) is 0 Å². The molecule has 0 bridgehead atoms. The van der Waals surface area contributed by atoms with E-state index in [1.165, 1.54) is 6.07 Å². The van der Waals surface area contributed by atoms with Crippen LogP contribution in [0.25, 0.3) is 11.3 Å². The average Bonchev–Trinajstić information content (AvgIpc) is 2.86. The van der Waals surface area contributed by atoms with E-state index in [0.717, 1.165) is 27.8 Å². The fraction of sp³-hybridized carbons (Fsp3) is 0.375. The lowest BCUT2D eigenvalue weighted by Gasteiger charge is -2.20. The number of H-pyrrole nitrogens is 1. The van der Waals surface area contributed by atoms with E-state index in [9.17, 15) is 4.79 Å². The molecule has 3 rings (SSSR count). The van der Waals surface area contributed by atoms with E-state index in [0.29, 0.717) is 24.7 Å². The maximum Gasteiger partial charge on any atom is 0.353 e. The van der Waals surface area contributed by atoms with Crippen molar-refractivity contribution in [2.75, 3.05) is 13.2 Å². The summed E-state index contributed by atoms with van der Waals surface area (Å²) in [4.78, 5) is 11.1. The number of benzene rings is 1. The number of nitrogens with zero attached hydrogens (tertiary/aromatic N) is 1. The Labute approximate surface area is 141 Å². The Morgan fingerprint density at radius 3 is 2.74 bits per heavy atom. The van der Waals surface area contributed by atoms with Crippen molar-refractivity contribution in [2.45, 2.75) is 26.2 Å². The van der Waals surface area contributed by atoms with E-state index >= 15 is 0 Å². The minimum Gasteiger partial charge on any atom is -0.490 e. The van der Waals surface area contributed by atoms with Gasteiger partial charge in [0, 0.05) is 22.0 Å². The summed E-state index contributed by atoms with van der Waals surface area (Å²) < 4.78 is 12.5. The summed E-state index contributed by atoms with van der Waals surface area (Å²) in [5, 5.41) is 15.8. The Kier molecular flexibility index (Phi) is 4.30. The first-order valence-electron chi connectivity index (χ1n) is 7.40. The van der Waals surface area contributed by atoms with Crippen LogP contribution in [0.15, 0.2) is 16.6 Å². The van der Waals surface area contributed by atoms with Crippen molar-refractivity contribution in [3.8, 4) is 22.8 Å². The first-order chi connectivity index (χ1) is 11.0. The lowest BCUT2D eigenvalue weighted by Crippen LogP contribution is -2.02. The highest BCUT2D eigenvalue weighted by Crippen LogP contribution is 2.47. The van der Waals surface area contributed by atoms with Crippen LogP contribution >= 0.6 is 15.9 Å². The lowest BCUT2D eigenvalue weighted by molar-refractivity contribution is 0.0690. The van der Waals surface area contributed by atoms with Crippen molar-refractivity contribution in [3.63, 3.8) is 0 Å². The SMILES string of the molecule is CC(C)c1c2c(cc(Br)c1-c1cc(C(=O)O)[nH]n1)OCCCO2. The molecule has 0 unspecified atom stereocenters. The largest absolute Gasteiger partial charge is 0.490 e. The number of hydrogen-bond acceptors (Lipinski definition) is 4. The van der Waals surface area contributed by atoms with Crippen molar-refractivity contribution >= 4 is 21.9 Å². The molecule has 23 heavy (non-hydrogen) atoms. The molecule has 0 saturated carbocycles. The van der Waals surface area contributed by atoms with Crippen LogP contribution < -0.4 is 9.47 Å². The van der Waals surface area contributed by atoms with Gasteiger partial charge in [-0.3, -0.25) is 5.10 Å². The minimum absolute atomic E-state index is 0.0497. The molecule has 0 spiro atoms. The number of carboxylic acids is 1. The van der Waals surface area contributed by atoms with Gasteiger partial charge in [-0.15, -0.1) is 0 Å². The highest BCUT2D eigenvalue weighted by molar-refractivity contribution is 9.10. The fourth-order valence-electron chi connectivity index (χ4n) is 2.67. The third kappa shape index (κ3) is 2.93. The Hall–Kier alpha value is -2.02. The summed E-state index contributed by atoms with van der Waals surface area (Å²) in [5.74, 6) is 0.537. The van der Waals surface area contributed by atoms with Crippen molar-refractivity contribution in [1.82, 2.24) is 10.2 Å². The molecule has 7 heteroatoms. The first-order valence-corrected chi connectivity index (χ1v) is 8.19. The summed E-state index contributed by atoms with van der Waals surface area (Å²) in [6.07, 6.45) is 0.824. The van der Waals surface area contributed by atoms with Gasteiger partial charge in [0.05, 0.1) is 18.9 Å². The fourth-order valence-corrected chi connectivity index (χ4v) is 3.29. The van der Waals surface area contributed by atoms with E-state index in [4.69, 9.17) is 14.6 Å². The van der Waals surface area contributed by atoms with Crippen LogP contribution in [0.4, 0.5) is 0 Å². The molecule has 1 aromatic carbocycles. The molecule has 0 aliphatic carbocycles. The van der Waals surface area contributed by atoms with Gasteiger partial charge in [0.1, 0.15) is 5.69 Å². The number of rotatable bonds is 3. The minimum atomic E-state index is -1.04. The third-order valence-corrected chi connectivity index (χ3v) is 4.29. The zero-order valence-corrected chi connectivity index (χ0v) is 14.4. The molecular formula is C16H17BrN2O4. The van der Waals surface area contributed by atoms with Gasteiger partial charge < -0.3 is 14.6 Å². The smallest absolute Gasteiger partial charge is 0.353 e. The molecule has 0 atom stereocenters. The number of carbonyl (C=O) groups is 1. The molecule has 1 aromatic heterocycles. The monoisotopic (exact) mass is 380 g/mol. The maximum atomic E-state index is 11.1. The van der Waals surface area contributed by atoms with E-state index in [1.54, 1.807) is 0 Å². The number of aromatic nitrogens is 2. The molecule has 6 nitrogen and oxygen atoms in total. The quantitative estimate of drug-likeness (QED) is 0.845. The second kappa shape index (κ2) is 6.23. The number of fused-ring (bicyclic) bond motifs is 1. The number of ether oxygens (including phenoxy) is 2. The van der Waals surface area contributed by atoms with E-state index in [2.05, 4.69) is 40.0 Å². The topological polar surface area (TPSA) is 84.4 Å². The molecule has 2 heterocycles. The molecule has 122 valence electrons. The van der Waals surface area contributed by atoms with Crippen molar-refractivity contribution < 1.29 is 19.4 Å². The van der Waals surface area contributed by atoms with Crippen LogP contribution in [-0.4, -0.2) is 34.5 Å². The average molecular weight is 381 g/mol. The molecule has 0 saturated heterocycles. The van der Waals surface area contributed by atoms with Crippen LogP contribution in [0.2, 0.25) is 0 Å². The molecule has 2 N–H and O–H groups in total.